The molecule has 1 atom stereocenters. The van der Waals surface area contributed by atoms with E-state index in [2.05, 4.69) is 5.32 Å². The number of rotatable bonds is 8. The van der Waals surface area contributed by atoms with Crippen molar-refractivity contribution in [3.63, 3.8) is 0 Å². The zero-order chi connectivity index (χ0) is 23.3. The highest BCUT2D eigenvalue weighted by Crippen LogP contribution is 2.33. The number of sulfonamides is 1. The topological polar surface area (TPSA) is 94.2 Å². The van der Waals surface area contributed by atoms with E-state index in [1.165, 1.54) is 0 Å². The average molecular weight is 469 g/mol. The summed E-state index contributed by atoms with van der Waals surface area (Å²) in [6.45, 7) is 0.0475. The number of carbonyl (C=O) groups is 1. The molecule has 8 nitrogen and oxygen atoms in total. The third kappa shape index (κ3) is 5.75. The third-order valence-electron chi connectivity index (χ3n) is 4.89. The molecule has 0 aliphatic carbocycles. The molecule has 3 aromatic rings. The summed E-state index contributed by atoms with van der Waals surface area (Å²) < 4.78 is 43.5. The lowest BCUT2D eigenvalue weighted by molar-refractivity contribution is -0.120. The van der Waals surface area contributed by atoms with Crippen LogP contribution in [0.4, 0.5) is 5.69 Å². The van der Waals surface area contributed by atoms with Crippen molar-refractivity contribution in [2.45, 2.75) is 6.10 Å². The number of fused-ring (bicyclic) bond motifs is 1. The first-order valence-corrected chi connectivity index (χ1v) is 12.2. The van der Waals surface area contributed by atoms with Crippen LogP contribution in [0.2, 0.25) is 0 Å². The predicted octanol–water partition coefficient (Wildman–Crippen LogP) is 3.20. The summed E-state index contributed by atoms with van der Waals surface area (Å²) in [6, 6.07) is 23.0. The summed E-state index contributed by atoms with van der Waals surface area (Å²) in [4.78, 5) is 12.7. The van der Waals surface area contributed by atoms with Gasteiger partial charge in [-0.3, -0.25) is 9.10 Å². The first-order chi connectivity index (χ1) is 15.9. The van der Waals surface area contributed by atoms with Gasteiger partial charge in [0.15, 0.2) is 17.2 Å². The summed E-state index contributed by atoms with van der Waals surface area (Å²) in [7, 11) is -3.77. The molecule has 0 spiro atoms. The van der Waals surface area contributed by atoms with Gasteiger partial charge in [0.25, 0.3) is 0 Å². The van der Waals surface area contributed by atoms with Crippen LogP contribution >= 0.6 is 0 Å². The molecule has 0 bridgehead atoms. The number of benzene rings is 3. The van der Waals surface area contributed by atoms with Crippen LogP contribution in [-0.2, 0) is 14.8 Å². The van der Waals surface area contributed by atoms with E-state index in [1.54, 1.807) is 42.5 Å². The van der Waals surface area contributed by atoms with E-state index in [-0.39, 0.29) is 24.9 Å². The molecule has 3 aromatic carbocycles. The SMILES string of the molecule is CS(=O)(=O)N(CC(=O)NC[C@H]1COc2ccccc2O1)c1ccccc1Oc1ccccc1. The largest absolute Gasteiger partial charge is 0.486 e. The number of anilines is 1. The first kappa shape index (κ1) is 22.5. The monoisotopic (exact) mass is 468 g/mol. The first-order valence-electron chi connectivity index (χ1n) is 10.3. The van der Waals surface area contributed by atoms with E-state index in [1.807, 2.05) is 36.4 Å². The van der Waals surface area contributed by atoms with Gasteiger partial charge >= 0.3 is 0 Å². The lowest BCUT2D eigenvalue weighted by atomic mass is 10.2. The molecule has 33 heavy (non-hydrogen) atoms. The fourth-order valence-corrected chi connectivity index (χ4v) is 4.18. The Hall–Kier alpha value is -3.72. The van der Waals surface area contributed by atoms with Crippen molar-refractivity contribution < 1.29 is 27.4 Å². The molecular weight excluding hydrogens is 444 g/mol. The Kier molecular flexibility index (Phi) is 6.69. The van der Waals surface area contributed by atoms with Crippen molar-refractivity contribution in [1.82, 2.24) is 5.32 Å². The molecule has 0 radical (unpaired) electrons. The van der Waals surface area contributed by atoms with Gasteiger partial charge < -0.3 is 19.5 Å². The van der Waals surface area contributed by atoms with Crippen molar-refractivity contribution in [3.05, 3.63) is 78.9 Å². The molecule has 0 aromatic heterocycles. The van der Waals surface area contributed by atoms with Crippen LogP contribution in [0.25, 0.3) is 0 Å². The molecule has 0 saturated carbocycles. The van der Waals surface area contributed by atoms with Crippen molar-refractivity contribution in [1.29, 1.82) is 0 Å². The van der Waals surface area contributed by atoms with Crippen LogP contribution in [-0.4, -0.2) is 46.4 Å². The second kappa shape index (κ2) is 9.83. The molecule has 0 unspecified atom stereocenters. The van der Waals surface area contributed by atoms with Gasteiger partial charge in [-0.05, 0) is 36.4 Å². The Balaban J connectivity index is 1.44. The minimum atomic E-state index is -3.77. The highest BCUT2D eigenvalue weighted by atomic mass is 32.2. The van der Waals surface area contributed by atoms with Crippen molar-refractivity contribution >= 4 is 21.6 Å². The minimum absolute atomic E-state index is 0.174. The van der Waals surface area contributed by atoms with Crippen LogP contribution < -0.4 is 23.8 Å². The van der Waals surface area contributed by atoms with E-state index in [0.717, 1.165) is 10.6 Å². The Morgan fingerprint density at radius 1 is 1.00 bits per heavy atom. The summed E-state index contributed by atoms with van der Waals surface area (Å²) in [6.07, 6.45) is 0.665. The second-order valence-corrected chi connectivity index (χ2v) is 9.36. The number of para-hydroxylation sites is 5. The van der Waals surface area contributed by atoms with Gasteiger partial charge in [0, 0.05) is 0 Å². The molecule has 0 saturated heterocycles. The molecule has 0 fully saturated rings. The molecule has 1 aliphatic rings. The maximum Gasteiger partial charge on any atom is 0.240 e. The number of hydrogen-bond acceptors (Lipinski definition) is 6. The zero-order valence-electron chi connectivity index (χ0n) is 18.0. The van der Waals surface area contributed by atoms with Crippen molar-refractivity contribution in [3.8, 4) is 23.0 Å². The summed E-state index contributed by atoms with van der Waals surface area (Å²) >= 11 is 0. The summed E-state index contributed by atoms with van der Waals surface area (Å²) in [5, 5.41) is 2.73. The maximum absolute atomic E-state index is 12.7. The van der Waals surface area contributed by atoms with Gasteiger partial charge in [0.05, 0.1) is 18.5 Å². The van der Waals surface area contributed by atoms with Crippen LogP contribution in [0.1, 0.15) is 0 Å². The Morgan fingerprint density at radius 2 is 1.67 bits per heavy atom. The smallest absolute Gasteiger partial charge is 0.240 e. The van der Waals surface area contributed by atoms with Gasteiger partial charge in [-0.25, -0.2) is 8.42 Å². The molecular formula is C24H24N2O6S. The quantitative estimate of drug-likeness (QED) is 0.546. The van der Waals surface area contributed by atoms with Gasteiger partial charge in [0.2, 0.25) is 15.9 Å². The predicted molar refractivity (Wildman–Crippen MR) is 125 cm³/mol. The third-order valence-corrected chi connectivity index (χ3v) is 6.01. The van der Waals surface area contributed by atoms with Crippen LogP contribution in [0.5, 0.6) is 23.0 Å². The molecule has 1 amide bonds. The molecule has 4 rings (SSSR count). The van der Waals surface area contributed by atoms with Crippen molar-refractivity contribution in [2.75, 3.05) is 30.3 Å². The molecule has 172 valence electrons. The minimum Gasteiger partial charge on any atom is -0.486 e. The number of amides is 1. The maximum atomic E-state index is 12.7. The number of nitrogens with one attached hydrogen (secondary N) is 1. The molecule has 1 N–H and O–H groups in total. The highest BCUT2D eigenvalue weighted by molar-refractivity contribution is 7.92. The number of carbonyl (C=O) groups excluding carboxylic acids is 1. The lowest BCUT2D eigenvalue weighted by Crippen LogP contribution is -2.45. The zero-order valence-corrected chi connectivity index (χ0v) is 18.8. The normalized spacial score (nSPS) is 14.9. The van der Waals surface area contributed by atoms with E-state index in [0.29, 0.717) is 23.0 Å². The highest BCUT2D eigenvalue weighted by Gasteiger charge is 2.26. The standard InChI is InChI=1S/C24H24N2O6S/c1-33(28,29)26(20-11-5-6-12-21(20)31-18-9-3-2-4-10-18)16-24(27)25-15-19-17-30-22-13-7-8-14-23(22)32-19/h2-14,19H,15-17H2,1H3,(H,25,27)/t19-/m0/s1. The Morgan fingerprint density at radius 3 is 2.42 bits per heavy atom. The van der Waals surface area contributed by atoms with Gasteiger partial charge in [-0.1, -0.05) is 42.5 Å². The van der Waals surface area contributed by atoms with E-state index in [9.17, 15) is 13.2 Å². The van der Waals surface area contributed by atoms with E-state index in [4.69, 9.17) is 14.2 Å². The summed E-state index contributed by atoms with van der Waals surface area (Å²) in [5.41, 5.74) is 0.269. The van der Waals surface area contributed by atoms with Gasteiger partial charge in [-0.15, -0.1) is 0 Å². The molecule has 9 heteroatoms. The number of hydrogen-bond donors (Lipinski definition) is 1. The van der Waals surface area contributed by atoms with Gasteiger partial charge in [-0.2, -0.15) is 0 Å². The van der Waals surface area contributed by atoms with E-state index < -0.39 is 22.5 Å². The summed E-state index contributed by atoms with van der Waals surface area (Å²) in [5.74, 6) is 1.66. The number of nitrogens with zero attached hydrogens (tertiary/aromatic N) is 1. The Labute approximate surface area is 192 Å². The lowest BCUT2D eigenvalue weighted by Gasteiger charge is -2.27. The van der Waals surface area contributed by atoms with Crippen LogP contribution in [0.3, 0.4) is 0 Å². The fourth-order valence-electron chi connectivity index (χ4n) is 3.32. The molecule has 1 heterocycles. The fraction of sp³-hybridized carbons (Fsp3) is 0.208. The number of ether oxygens (including phenoxy) is 3. The Bertz CT molecular complexity index is 1220. The average Bonchev–Trinajstić information content (AvgIpc) is 2.81. The van der Waals surface area contributed by atoms with E-state index >= 15 is 0 Å². The van der Waals surface area contributed by atoms with Gasteiger partial charge in [0.1, 0.15) is 25.0 Å². The molecule has 1 aliphatic heterocycles. The van der Waals surface area contributed by atoms with Crippen LogP contribution in [0.15, 0.2) is 78.9 Å². The van der Waals surface area contributed by atoms with Crippen molar-refractivity contribution in [2.24, 2.45) is 0 Å². The second-order valence-electron chi connectivity index (χ2n) is 7.45. The van der Waals surface area contributed by atoms with Crippen LogP contribution in [0, 0.1) is 0 Å².